The lowest BCUT2D eigenvalue weighted by Crippen LogP contribution is -2.18. The largest absolute Gasteiger partial charge is 0.290 e. The van der Waals surface area contributed by atoms with Crippen LogP contribution >= 0.6 is 0 Å². The summed E-state index contributed by atoms with van der Waals surface area (Å²) in [5.41, 5.74) is 1.66. The van der Waals surface area contributed by atoms with E-state index in [4.69, 9.17) is 0 Å². The van der Waals surface area contributed by atoms with E-state index < -0.39 is 0 Å². The lowest BCUT2D eigenvalue weighted by molar-refractivity contribution is 0.101. The number of aromatic nitrogens is 3. The fourth-order valence-electron chi connectivity index (χ4n) is 2.73. The highest BCUT2D eigenvalue weighted by Crippen LogP contribution is 2.18. The zero-order valence-corrected chi connectivity index (χ0v) is 15.8. The van der Waals surface area contributed by atoms with Gasteiger partial charge in [-0.3, -0.25) is 20.2 Å². The highest BCUT2D eigenvalue weighted by molar-refractivity contribution is 6.04. The minimum atomic E-state index is -0.360. The molecular weight excluding hydrogens is 378 g/mol. The van der Waals surface area contributed by atoms with Crippen LogP contribution in [0.15, 0.2) is 91.0 Å². The average molecular weight is 395 g/mol. The first-order valence-electron chi connectivity index (χ1n) is 9.23. The molecule has 7 nitrogen and oxygen atoms in total. The third-order valence-corrected chi connectivity index (χ3v) is 4.19. The van der Waals surface area contributed by atoms with Crippen LogP contribution in [0.4, 0.5) is 11.9 Å². The highest BCUT2D eigenvalue weighted by Gasteiger charge is 2.14. The number of benzene rings is 3. The Morgan fingerprint density at radius 2 is 0.933 bits per heavy atom. The monoisotopic (exact) mass is 395 g/mol. The Kier molecular flexibility index (Phi) is 5.52. The van der Waals surface area contributed by atoms with Crippen molar-refractivity contribution in [3.05, 3.63) is 102 Å². The van der Waals surface area contributed by atoms with Gasteiger partial charge in [0.25, 0.3) is 11.8 Å². The van der Waals surface area contributed by atoms with E-state index in [9.17, 15) is 9.59 Å². The second-order valence-corrected chi connectivity index (χ2v) is 6.31. The summed E-state index contributed by atoms with van der Waals surface area (Å²) in [7, 11) is 0. The third kappa shape index (κ3) is 4.53. The Morgan fingerprint density at radius 3 is 1.37 bits per heavy atom. The van der Waals surface area contributed by atoms with Gasteiger partial charge in [-0.05, 0) is 24.3 Å². The fourth-order valence-corrected chi connectivity index (χ4v) is 2.73. The van der Waals surface area contributed by atoms with Crippen LogP contribution in [-0.4, -0.2) is 26.8 Å². The molecule has 0 radical (unpaired) electrons. The quantitative estimate of drug-likeness (QED) is 0.531. The van der Waals surface area contributed by atoms with Crippen molar-refractivity contribution in [3.63, 3.8) is 0 Å². The Balaban J connectivity index is 1.66. The Morgan fingerprint density at radius 1 is 0.533 bits per heavy atom. The van der Waals surface area contributed by atoms with Crippen molar-refractivity contribution in [1.29, 1.82) is 0 Å². The number of hydrogen-bond acceptors (Lipinski definition) is 5. The minimum Gasteiger partial charge on any atom is -0.290 e. The molecule has 0 fully saturated rings. The van der Waals surface area contributed by atoms with Crippen molar-refractivity contribution >= 4 is 23.7 Å². The molecule has 2 amide bonds. The molecule has 0 saturated carbocycles. The zero-order chi connectivity index (χ0) is 20.8. The molecule has 1 aromatic heterocycles. The first-order chi connectivity index (χ1) is 14.7. The van der Waals surface area contributed by atoms with Crippen LogP contribution in [0.2, 0.25) is 0 Å². The van der Waals surface area contributed by atoms with Crippen molar-refractivity contribution in [3.8, 4) is 11.4 Å². The molecule has 30 heavy (non-hydrogen) atoms. The smallest absolute Gasteiger partial charge is 0.258 e. The number of hydrogen-bond donors (Lipinski definition) is 2. The lowest BCUT2D eigenvalue weighted by atomic mass is 10.2. The summed E-state index contributed by atoms with van der Waals surface area (Å²) in [6.07, 6.45) is 0. The van der Waals surface area contributed by atoms with Gasteiger partial charge in [0.15, 0.2) is 5.82 Å². The van der Waals surface area contributed by atoms with E-state index in [-0.39, 0.29) is 23.7 Å². The van der Waals surface area contributed by atoms with Gasteiger partial charge in [-0.1, -0.05) is 66.7 Å². The number of rotatable bonds is 5. The highest BCUT2D eigenvalue weighted by atomic mass is 16.2. The molecule has 1 heterocycles. The number of carbonyl (C=O) groups is 2. The van der Waals surface area contributed by atoms with Crippen molar-refractivity contribution in [2.24, 2.45) is 0 Å². The van der Waals surface area contributed by atoms with E-state index in [0.717, 1.165) is 5.56 Å². The first kappa shape index (κ1) is 18.9. The predicted octanol–water partition coefficient (Wildman–Crippen LogP) is 4.04. The SMILES string of the molecule is O=C(Nc1nc(NC(=O)c2ccccc2)nc(-c2ccccc2)n1)c1ccccc1. The molecule has 4 aromatic rings. The van der Waals surface area contributed by atoms with Crippen molar-refractivity contribution in [2.75, 3.05) is 10.6 Å². The van der Waals surface area contributed by atoms with Gasteiger partial charge in [0, 0.05) is 16.7 Å². The van der Waals surface area contributed by atoms with Crippen LogP contribution in [0.25, 0.3) is 11.4 Å². The number of amides is 2. The van der Waals surface area contributed by atoms with Crippen LogP contribution in [-0.2, 0) is 0 Å². The molecular formula is C23H17N5O2. The molecule has 0 aliphatic heterocycles. The van der Waals surface area contributed by atoms with Gasteiger partial charge in [0.1, 0.15) is 0 Å². The second-order valence-electron chi connectivity index (χ2n) is 6.31. The maximum atomic E-state index is 12.5. The maximum absolute atomic E-state index is 12.5. The van der Waals surface area contributed by atoms with E-state index in [1.165, 1.54) is 0 Å². The van der Waals surface area contributed by atoms with Crippen LogP contribution < -0.4 is 10.6 Å². The first-order valence-corrected chi connectivity index (χ1v) is 9.23. The molecule has 0 spiro atoms. The standard InChI is InChI=1S/C23H17N5O2/c29-20(17-12-6-2-7-13-17)26-22-24-19(16-10-4-1-5-11-16)25-23(28-22)27-21(30)18-14-8-3-9-15-18/h1-15H,(H2,24,25,26,27,28,29,30). The van der Waals surface area contributed by atoms with Gasteiger partial charge < -0.3 is 0 Å². The van der Waals surface area contributed by atoms with Crippen molar-refractivity contribution in [1.82, 2.24) is 15.0 Å². The molecule has 0 atom stereocenters. The number of nitrogens with one attached hydrogen (secondary N) is 2. The van der Waals surface area contributed by atoms with E-state index in [1.54, 1.807) is 48.5 Å². The van der Waals surface area contributed by atoms with Crippen LogP contribution in [0, 0.1) is 0 Å². The summed E-state index contributed by atoms with van der Waals surface area (Å²) in [6, 6.07) is 26.7. The third-order valence-electron chi connectivity index (χ3n) is 4.19. The molecule has 0 unspecified atom stereocenters. The molecule has 4 rings (SSSR count). The van der Waals surface area contributed by atoms with Gasteiger partial charge in [0.2, 0.25) is 11.9 Å². The topological polar surface area (TPSA) is 96.9 Å². The van der Waals surface area contributed by atoms with Gasteiger partial charge in [-0.2, -0.15) is 15.0 Å². The van der Waals surface area contributed by atoms with Gasteiger partial charge >= 0.3 is 0 Å². The van der Waals surface area contributed by atoms with Crippen molar-refractivity contribution in [2.45, 2.75) is 0 Å². The molecule has 0 bridgehead atoms. The van der Waals surface area contributed by atoms with E-state index in [2.05, 4.69) is 25.6 Å². The lowest BCUT2D eigenvalue weighted by Gasteiger charge is -2.09. The van der Waals surface area contributed by atoms with Crippen LogP contribution in [0.1, 0.15) is 20.7 Å². The van der Waals surface area contributed by atoms with Gasteiger partial charge in [-0.15, -0.1) is 0 Å². The minimum absolute atomic E-state index is 0.0427. The fraction of sp³-hybridized carbons (Fsp3) is 0. The Labute approximate surface area is 172 Å². The number of carbonyl (C=O) groups excluding carboxylic acids is 2. The van der Waals surface area contributed by atoms with E-state index >= 15 is 0 Å². The summed E-state index contributed by atoms with van der Waals surface area (Å²) in [5.74, 6) is -0.304. The summed E-state index contributed by atoms with van der Waals surface area (Å²) in [6.45, 7) is 0. The van der Waals surface area contributed by atoms with E-state index in [0.29, 0.717) is 17.0 Å². The molecule has 3 aromatic carbocycles. The van der Waals surface area contributed by atoms with Gasteiger partial charge in [0.05, 0.1) is 0 Å². The van der Waals surface area contributed by atoms with Crippen LogP contribution in [0.5, 0.6) is 0 Å². The summed E-state index contributed by atoms with van der Waals surface area (Å²) >= 11 is 0. The predicted molar refractivity (Wildman–Crippen MR) is 114 cm³/mol. The normalized spacial score (nSPS) is 10.3. The molecule has 0 aliphatic carbocycles. The average Bonchev–Trinajstić information content (AvgIpc) is 2.80. The summed E-state index contributed by atoms with van der Waals surface area (Å²) < 4.78 is 0. The Bertz CT molecular complexity index is 1090. The molecule has 7 heteroatoms. The Hall–Kier alpha value is -4.39. The molecule has 2 N–H and O–H groups in total. The van der Waals surface area contributed by atoms with Crippen LogP contribution in [0.3, 0.4) is 0 Å². The van der Waals surface area contributed by atoms with Crippen molar-refractivity contribution < 1.29 is 9.59 Å². The summed E-state index contributed by atoms with van der Waals surface area (Å²) in [4.78, 5) is 37.9. The zero-order valence-electron chi connectivity index (χ0n) is 15.8. The number of nitrogens with zero attached hydrogens (tertiary/aromatic N) is 3. The number of anilines is 2. The summed E-state index contributed by atoms with van der Waals surface area (Å²) in [5, 5.41) is 5.34. The van der Waals surface area contributed by atoms with Gasteiger partial charge in [-0.25, -0.2) is 0 Å². The molecule has 0 saturated heterocycles. The molecule has 0 aliphatic rings. The second kappa shape index (κ2) is 8.74. The molecule has 146 valence electrons. The maximum Gasteiger partial charge on any atom is 0.258 e. The van der Waals surface area contributed by atoms with E-state index in [1.807, 2.05) is 42.5 Å².